The van der Waals surface area contributed by atoms with Crippen molar-refractivity contribution in [3.63, 3.8) is 0 Å². The van der Waals surface area contributed by atoms with Crippen molar-refractivity contribution in [2.75, 3.05) is 6.54 Å². The van der Waals surface area contributed by atoms with Gasteiger partial charge in [0.05, 0.1) is 6.04 Å². The lowest BCUT2D eigenvalue weighted by molar-refractivity contribution is -0.143. The summed E-state index contributed by atoms with van der Waals surface area (Å²) >= 11 is 0. The number of hydrogen-bond donors (Lipinski definition) is 5. The molecule has 0 aromatic rings. The largest absolute Gasteiger partial charge is 0.377 e. The van der Waals surface area contributed by atoms with Gasteiger partial charge in [0.25, 0.3) is 5.91 Å². The summed E-state index contributed by atoms with van der Waals surface area (Å²) in [5, 5.41) is 21.6. The molecule has 3 amide bonds. The molecule has 0 radical (unpaired) electrons. The van der Waals surface area contributed by atoms with E-state index >= 15 is 0 Å². The highest BCUT2D eigenvalue weighted by Gasteiger charge is 2.36. The van der Waals surface area contributed by atoms with Crippen LogP contribution in [0.5, 0.6) is 0 Å². The van der Waals surface area contributed by atoms with Crippen LogP contribution in [0.3, 0.4) is 0 Å². The van der Waals surface area contributed by atoms with E-state index < -0.39 is 29.8 Å². The first-order valence-corrected chi connectivity index (χ1v) is 13.7. The summed E-state index contributed by atoms with van der Waals surface area (Å²) < 4.78 is 0. The Morgan fingerprint density at radius 1 is 1.13 bits per heavy atom. The van der Waals surface area contributed by atoms with Gasteiger partial charge in [0.15, 0.2) is 0 Å². The number of carbonyl (C=O) groups excluding carboxylic acids is 3. The third-order valence-electron chi connectivity index (χ3n) is 7.85. The first-order chi connectivity index (χ1) is 17.9. The van der Waals surface area contributed by atoms with Gasteiger partial charge < -0.3 is 15.7 Å². The Bertz CT molecular complexity index is 1080. The number of allylic oxidation sites excluding steroid dienone is 5. The molecule has 1 fully saturated rings. The maximum Gasteiger partial charge on any atom is 0.258 e. The van der Waals surface area contributed by atoms with E-state index in [-0.39, 0.29) is 36.1 Å². The van der Waals surface area contributed by atoms with Crippen LogP contribution < -0.4 is 21.4 Å². The Kier molecular flexibility index (Phi) is 8.54. The lowest BCUT2D eigenvalue weighted by atomic mass is 9.80. The predicted molar refractivity (Wildman–Crippen MR) is 146 cm³/mol. The average molecular weight is 527 g/mol. The first kappa shape index (κ1) is 28.2. The molecule has 0 aromatic carbocycles. The van der Waals surface area contributed by atoms with Crippen LogP contribution >= 0.6 is 0 Å². The van der Waals surface area contributed by atoms with E-state index in [0.29, 0.717) is 19.4 Å². The number of hydrazine groups is 1. The molecule has 3 aliphatic heterocycles. The summed E-state index contributed by atoms with van der Waals surface area (Å²) in [6.07, 6.45) is 10.3. The molecule has 5 atom stereocenters. The van der Waals surface area contributed by atoms with Gasteiger partial charge in [-0.15, -0.1) is 0 Å². The molecule has 10 heteroatoms. The Balaban J connectivity index is 1.61. The highest BCUT2D eigenvalue weighted by atomic mass is 16.3. The molecule has 4 aliphatic rings. The van der Waals surface area contributed by atoms with Crippen LogP contribution in [-0.4, -0.2) is 70.5 Å². The summed E-state index contributed by atoms with van der Waals surface area (Å²) in [6, 6.07) is -1.93. The van der Waals surface area contributed by atoms with Gasteiger partial charge in [0.1, 0.15) is 18.3 Å². The topological polar surface area (TPSA) is 135 Å². The van der Waals surface area contributed by atoms with Crippen LogP contribution in [-0.2, 0) is 14.4 Å². The van der Waals surface area contributed by atoms with Gasteiger partial charge in [-0.25, -0.2) is 5.43 Å². The zero-order valence-corrected chi connectivity index (χ0v) is 23.1. The number of aliphatic imine (C=N–C) groups is 1. The van der Waals surface area contributed by atoms with E-state index in [0.717, 1.165) is 29.7 Å². The molecular weight excluding hydrogens is 484 g/mol. The molecule has 5 unspecified atom stereocenters. The van der Waals surface area contributed by atoms with Crippen molar-refractivity contribution in [1.82, 2.24) is 26.4 Å². The molecule has 5 bridgehead atoms. The van der Waals surface area contributed by atoms with Crippen LogP contribution in [0.1, 0.15) is 66.7 Å². The third kappa shape index (κ3) is 6.42. The van der Waals surface area contributed by atoms with Crippen molar-refractivity contribution in [1.29, 1.82) is 0 Å². The Morgan fingerprint density at radius 3 is 2.63 bits per heavy atom. The smallest absolute Gasteiger partial charge is 0.258 e. The molecule has 10 nitrogen and oxygen atoms in total. The van der Waals surface area contributed by atoms with E-state index in [1.807, 2.05) is 33.9 Å². The van der Waals surface area contributed by atoms with Crippen molar-refractivity contribution in [3.8, 4) is 0 Å². The molecule has 0 aromatic heterocycles. The normalized spacial score (nSPS) is 32.7. The highest BCUT2D eigenvalue weighted by Crippen LogP contribution is 2.33. The average Bonchev–Trinajstić information content (AvgIpc) is 2.88. The number of fused-ring (bicyclic) bond motifs is 2. The van der Waals surface area contributed by atoms with Crippen LogP contribution in [0.2, 0.25) is 0 Å². The highest BCUT2D eigenvalue weighted by molar-refractivity contribution is 5.92. The molecule has 1 aliphatic carbocycles. The van der Waals surface area contributed by atoms with Gasteiger partial charge >= 0.3 is 0 Å². The number of aliphatic hydroxyl groups is 1. The molecule has 1 saturated heterocycles. The molecule has 0 spiro atoms. The fourth-order valence-corrected chi connectivity index (χ4v) is 5.43. The van der Waals surface area contributed by atoms with Crippen molar-refractivity contribution < 1.29 is 19.5 Å². The third-order valence-corrected chi connectivity index (χ3v) is 7.85. The fourth-order valence-electron chi connectivity index (χ4n) is 5.43. The number of amides is 3. The second-order valence-corrected chi connectivity index (χ2v) is 11.6. The number of carbonyl (C=O) groups is 3. The minimum absolute atomic E-state index is 0.0507. The van der Waals surface area contributed by atoms with Crippen molar-refractivity contribution in [2.45, 2.75) is 96.6 Å². The van der Waals surface area contributed by atoms with Crippen molar-refractivity contribution >= 4 is 23.9 Å². The van der Waals surface area contributed by atoms with E-state index in [1.54, 1.807) is 6.92 Å². The quantitative estimate of drug-likeness (QED) is 0.328. The number of aliphatic hydroxyl groups excluding tert-OH is 1. The van der Waals surface area contributed by atoms with Gasteiger partial charge in [-0.3, -0.25) is 29.7 Å². The molecule has 5 N–H and O–H groups in total. The standard InChI is InChI=1S/C28H42N6O4/c1-16(2)24-26(37)30-17(3)27(38)34-12-6-7-22(33-34)25(36)32-28(4,5)20-9-8-18-15-29-21(14-19(18)13-20)10-11-23(35)31-24/h8,13-17,19,22,24-25,32-33,36H,6-7,9-12H2,1-5H3,(H,30,37)(H,31,35). The summed E-state index contributed by atoms with van der Waals surface area (Å²) in [5.41, 5.74) is 5.78. The zero-order valence-electron chi connectivity index (χ0n) is 23.1. The van der Waals surface area contributed by atoms with Gasteiger partial charge in [-0.2, -0.15) is 0 Å². The monoisotopic (exact) mass is 526 g/mol. The molecule has 4 rings (SSSR count). The molecule has 3 heterocycles. The van der Waals surface area contributed by atoms with E-state index in [1.165, 1.54) is 5.01 Å². The lowest BCUT2D eigenvalue weighted by Gasteiger charge is -2.41. The van der Waals surface area contributed by atoms with Gasteiger partial charge in [-0.1, -0.05) is 32.1 Å². The molecule has 0 saturated carbocycles. The first-order valence-electron chi connectivity index (χ1n) is 13.7. The number of nitrogens with one attached hydrogen (secondary N) is 4. The van der Waals surface area contributed by atoms with E-state index in [2.05, 4.69) is 44.6 Å². The second-order valence-electron chi connectivity index (χ2n) is 11.6. The number of nitrogens with zero attached hydrogens (tertiary/aromatic N) is 2. The maximum atomic E-state index is 13.2. The number of hydrogen-bond acceptors (Lipinski definition) is 7. The van der Waals surface area contributed by atoms with Crippen LogP contribution in [0.25, 0.3) is 0 Å². The fraction of sp³-hybridized carbons (Fsp3) is 0.643. The molecule has 208 valence electrons. The summed E-state index contributed by atoms with van der Waals surface area (Å²) in [7, 11) is 0. The summed E-state index contributed by atoms with van der Waals surface area (Å²) in [5.74, 6) is -1.03. The van der Waals surface area contributed by atoms with Crippen LogP contribution in [0, 0.1) is 11.8 Å². The molecule has 38 heavy (non-hydrogen) atoms. The Labute approximate surface area is 225 Å². The van der Waals surface area contributed by atoms with Crippen molar-refractivity contribution in [3.05, 3.63) is 35.1 Å². The van der Waals surface area contributed by atoms with Crippen LogP contribution in [0.15, 0.2) is 40.1 Å². The van der Waals surface area contributed by atoms with Crippen LogP contribution in [0.4, 0.5) is 0 Å². The number of rotatable bonds is 1. The minimum atomic E-state index is -0.887. The summed E-state index contributed by atoms with van der Waals surface area (Å²) in [4.78, 5) is 43.6. The van der Waals surface area contributed by atoms with Gasteiger partial charge in [-0.05, 0) is 63.5 Å². The van der Waals surface area contributed by atoms with E-state index in [4.69, 9.17) is 0 Å². The SMILES string of the molecule is CC1NC(=O)C(C(C)C)NC(=O)CCC2=CC3C=C(CC=C3C=N2)C(C)(C)NC(O)C2CCCN(N2)C1=O. The predicted octanol–water partition coefficient (Wildman–Crippen LogP) is 1.45. The van der Waals surface area contributed by atoms with E-state index in [9.17, 15) is 19.5 Å². The molecular formula is C28H42N6O4. The minimum Gasteiger partial charge on any atom is -0.377 e. The summed E-state index contributed by atoms with van der Waals surface area (Å²) in [6.45, 7) is 9.93. The van der Waals surface area contributed by atoms with Gasteiger partial charge in [0.2, 0.25) is 11.8 Å². The van der Waals surface area contributed by atoms with Gasteiger partial charge in [0, 0.05) is 36.3 Å². The Morgan fingerprint density at radius 2 is 1.89 bits per heavy atom. The zero-order chi connectivity index (χ0) is 27.6. The lowest BCUT2D eigenvalue weighted by Crippen LogP contribution is -2.64. The second kappa shape index (κ2) is 11.5. The maximum absolute atomic E-state index is 13.2. The Hall–Kier alpha value is -2.82. The van der Waals surface area contributed by atoms with Crippen molar-refractivity contribution in [2.24, 2.45) is 16.8 Å².